The minimum atomic E-state index is 0.606. The minimum absolute atomic E-state index is 0.606. The summed E-state index contributed by atoms with van der Waals surface area (Å²) in [6, 6.07) is 8.14. The molecule has 2 aromatic rings. The Morgan fingerprint density at radius 3 is 1.85 bits per heavy atom. The fourth-order valence-electron chi connectivity index (χ4n) is 2.57. The second-order valence-corrected chi connectivity index (χ2v) is 5.89. The first kappa shape index (κ1) is 20.0. The van der Waals surface area contributed by atoms with E-state index >= 15 is 0 Å². The van der Waals surface area contributed by atoms with E-state index in [-0.39, 0.29) is 0 Å². The average molecular weight is 355 g/mol. The van der Waals surface area contributed by atoms with Crippen LogP contribution in [0.3, 0.4) is 0 Å². The van der Waals surface area contributed by atoms with Gasteiger partial charge in [-0.25, -0.2) is 15.0 Å². The standard InChI is InChI=1S/C24H25N3/c1-6-11-19(12-7-2)22-25-23(20(13-8-3)14-9-4)27-24(26-22)21-16-10-15-18(5)17-21/h6-17H,1,3H2,2,4-5H3/b12-7-,14-9?,19-11+,20-13+. The molecule has 0 saturated carbocycles. The molecule has 0 aliphatic heterocycles. The molecule has 3 nitrogen and oxygen atoms in total. The molecule has 0 saturated heterocycles. The van der Waals surface area contributed by atoms with Crippen LogP contribution in [0.15, 0.2) is 86.0 Å². The molecule has 0 fully saturated rings. The van der Waals surface area contributed by atoms with Crippen molar-refractivity contribution < 1.29 is 0 Å². The van der Waals surface area contributed by atoms with Gasteiger partial charge in [0.05, 0.1) is 0 Å². The van der Waals surface area contributed by atoms with Gasteiger partial charge < -0.3 is 0 Å². The molecule has 0 atom stereocenters. The number of hydrogen-bond acceptors (Lipinski definition) is 3. The molecule has 27 heavy (non-hydrogen) atoms. The van der Waals surface area contributed by atoms with Crippen LogP contribution in [0.5, 0.6) is 0 Å². The Morgan fingerprint density at radius 2 is 1.41 bits per heavy atom. The van der Waals surface area contributed by atoms with Gasteiger partial charge >= 0.3 is 0 Å². The molecule has 0 aliphatic carbocycles. The fraction of sp³-hybridized carbons (Fsp3) is 0.125. The maximum atomic E-state index is 4.72. The molecule has 136 valence electrons. The Balaban J connectivity index is 2.77. The van der Waals surface area contributed by atoms with Crippen LogP contribution in [0, 0.1) is 6.92 Å². The molecule has 1 aromatic carbocycles. The SMILES string of the molecule is C=C/C=C(\C=CC)c1nc(C(/C=C\C)=C/C=C)nc(-c2cccc(C)c2)n1. The largest absolute Gasteiger partial charge is 0.208 e. The van der Waals surface area contributed by atoms with Crippen molar-refractivity contribution >= 4 is 11.1 Å². The molecule has 0 spiro atoms. The maximum Gasteiger partial charge on any atom is 0.164 e. The van der Waals surface area contributed by atoms with E-state index in [1.807, 2.05) is 62.4 Å². The van der Waals surface area contributed by atoms with Gasteiger partial charge in [0, 0.05) is 16.7 Å². The molecule has 1 heterocycles. The van der Waals surface area contributed by atoms with Crippen molar-refractivity contribution in [1.29, 1.82) is 0 Å². The van der Waals surface area contributed by atoms with Crippen LogP contribution < -0.4 is 0 Å². The number of allylic oxidation sites excluding steroid dienone is 10. The van der Waals surface area contributed by atoms with E-state index in [0.717, 1.165) is 22.3 Å². The molecule has 0 bridgehead atoms. The van der Waals surface area contributed by atoms with Crippen molar-refractivity contribution in [3.63, 3.8) is 0 Å². The number of aromatic nitrogens is 3. The summed E-state index contributed by atoms with van der Waals surface area (Å²) in [6.45, 7) is 13.6. The summed E-state index contributed by atoms with van der Waals surface area (Å²) in [5, 5.41) is 0. The van der Waals surface area contributed by atoms with Crippen molar-refractivity contribution in [1.82, 2.24) is 15.0 Å². The number of rotatable bonds is 7. The third-order valence-corrected chi connectivity index (χ3v) is 3.72. The van der Waals surface area contributed by atoms with E-state index in [1.165, 1.54) is 0 Å². The van der Waals surface area contributed by atoms with Gasteiger partial charge in [-0.3, -0.25) is 0 Å². The van der Waals surface area contributed by atoms with E-state index in [4.69, 9.17) is 15.0 Å². The third-order valence-electron chi connectivity index (χ3n) is 3.72. The van der Waals surface area contributed by atoms with Crippen molar-refractivity contribution in [3.05, 3.63) is 103 Å². The first-order valence-corrected chi connectivity index (χ1v) is 8.87. The minimum Gasteiger partial charge on any atom is -0.208 e. The summed E-state index contributed by atoms with van der Waals surface area (Å²) in [5.74, 6) is 1.85. The highest BCUT2D eigenvalue weighted by Gasteiger charge is 2.12. The van der Waals surface area contributed by atoms with E-state index in [9.17, 15) is 0 Å². The molecule has 0 radical (unpaired) electrons. The average Bonchev–Trinajstić information content (AvgIpc) is 2.67. The Kier molecular flexibility index (Phi) is 7.38. The Labute approximate surface area is 161 Å². The van der Waals surface area contributed by atoms with Crippen LogP contribution in [0.4, 0.5) is 0 Å². The molecule has 2 rings (SSSR count). The lowest BCUT2D eigenvalue weighted by Crippen LogP contribution is -2.04. The van der Waals surface area contributed by atoms with Crippen molar-refractivity contribution in [2.45, 2.75) is 20.8 Å². The zero-order valence-electron chi connectivity index (χ0n) is 16.2. The highest BCUT2D eigenvalue weighted by Crippen LogP contribution is 2.22. The number of aryl methyl sites for hydroxylation is 1. The zero-order chi connectivity index (χ0) is 19.6. The predicted molar refractivity (Wildman–Crippen MR) is 116 cm³/mol. The van der Waals surface area contributed by atoms with Gasteiger partial charge in [-0.05, 0) is 26.8 Å². The second kappa shape index (κ2) is 9.97. The molecule has 0 aliphatic rings. The predicted octanol–water partition coefficient (Wildman–Crippen LogP) is 6.14. The number of benzene rings is 1. The monoisotopic (exact) mass is 355 g/mol. The molecule has 0 amide bonds. The molecular weight excluding hydrogens is 330 g/mol. The molecular formula is C24H25N3. The first-order chi connectivity index (χ1) is 13.1. The summed E-state index contributed by atoms with van der Waals surface area (Å²) in [6.07, 6.45) is 15.1. The van der Waals surface area contributed by atoms with E-state index in [2.05, 4.69) is 32.2 Å². The normalized spacial score (nSPS) is 12.7. The quantitative estimate of drug-likeness (QED) is 0.560. The van der Waals surface area contributed by atoms with Crippen LogP contribution in [0.25, 0.3) is 22.5 Å². The van der Waals surface area contributed by atoms with Crippen LogP contribution in [-0.4, -0.2) is 15.0 Å². The van der Waals surface area contributed by atoms with E-state index in [0.29, 0.717) is 17.5 Å². The zero-order valence-corrected chi connectivity index (χ0v) is 16.2. The summed E-state index contributed by atoms with van der Waals surface area (Å²) in [4.78, 5) is 14.1. The summed E-state index contributed by atoms with van der Waals surface area (Å²) >= 11 is 0. The molecule has 0 unspecified atom stereocenters. The lowest BCUT2D eigenvalue weighted by molar-refractivity contribution is 1.00. The highest BCUT2D eigenvalue weighted by molar-refractivity contribution is 5.76. The van der Waals surface area contributed by atoms with Gasteiger partial charge in [0.2, 0.25) is 0 Å². The first-order valence-electron chi connectivity index (χ1n) is 8.87. The Bertz CT molecular complexity index is 892. The summed E-state index contributed by atoms with van der Waals surface area (Å²) in [7, 11) is 0. The lowest BCUT2D eigenvalue weighted by Gasteiger charge is -2.09. The molecule has 0 N–H and O–H groups in total. The van der Waals surface area contributed by atoms with Gasteiger partial charge in [-0.1, -0.05) is 85.5 Å². The molecule has 3 heteroatoms. The summed E-state index contributed by atoms with van der Waals surface area (Å²) < 4.78 is 0. The Hall–Kier alpha value is -3.33. The van der Waals surface area contributed by atoms with Gasteiger partial charge in [0.15, 0.2) is 17.5 Å². The van der Waals surface area contributed by atoms with E-state index in [1.54, 1.807) is 12.2 Å². The van der Waals surface area contributed by atoms with Gasteiger partial charge in [0.25, 0.3) is 0 Å². The van der Waals surface area contributed by atoms with Crippen molar-refractivity contribution in [2.75, 3.05) is 0 Å². The smallest absolute Gasteiger partial charge is 0.164 e. The third kappa shape index (κ3) is 5.32. The van der Waals surface area contributed by atoms with Crippen LogP contribution >= 0.6 is 0 Å². The van der Waals surface area contributed by atoms with Crippen LogP contribution in [0.2, 0.25) is 0 Å². The van der Waals surface area contributed by atoms with Crippen molar-refractivity contribution in [3.8, 4) is 11.4 Å². The van der Waals surface area contributed by atoms with Crippen LogP contribution in [0.1, 0.15) is 31.1 Å². The van der Waals surface area contributed by atoms with Gasteiger partial charge in [-0.15, -0.1) is 0 Å². The topological polar surface area (TPSA) is 38.7 Å². The lowest BCUT2D eigenvalue weighted by atomic mass is 10.1. The second-order valence-electron chi connectivity index (χ2n) is 5.89. The number of nitrogens with zero attached hydrogens (tertiary/aromatic N) is 3. The van der Waals surface area contributed by atoms with Gasteiger partial charge in [0.1, 0.15) is 0 Å². The van der Waals surface area contributed by atoms with E-state index < -0.39 is 0 Å². The fourth-order valence-corrected chi connectivity index (χ4v) is 2.57. The van der Waals surface area contributed by atoms with Crippen molar-refractivity contribution in [2.24, 2.45) is 0 Å². The summed E-state index contributed by atoms with van der Waals surface area (Å²) in [5.41, 5.74) is 3.87. The maximum absolute atomic E-state index is 4.72. The highest BCUT2D eigenvalue weighted by atomic mass is 15.0. The van der Waals surface area contributed by atoms with Gasteiger partial charge in [-0.2, -0.15) is 0 Å². The van der Waals surface area contributed by atoms with Crippen LogP contribution in [-0.2, 0) is 0 Å². The Morgan fingerprint density at radius 1 is 0.852 bits per heavy atom. The number of hydrogen-bond donors (Lipinski definition) is 0. The molecule has 1 aromatic heterocycles.